The summed E-state index contributed by atoms with van der Waals surface area (Å²) in [6.45, 7) is 2.78. The standard InChI is InChI=1S/C14H17N3O3/c1-9-2-4-10(5-3-9)13(19)16-7-6-15-11-8-12(18)17-14(11)20/h2-5,11,15H,6-8H2,1H3,(H,16,19)(H,17,18,20). The van der Waals surface area contributed by atoms with Crippen LogP contribution in [0.4, 0.5) is 0 Å². The molecule has 6 nitrogen and oxygen atoms in total. The van der Waals surface area contributed by atoms with Crippen LogP contribution in [0.3, 0.4) is 0 Å². The molecule has 0 aromatic heterocycles. The third kappa shape index (κ3) is 3.64. The molecular weight excluding hydrogens is 258 g/mol. The first-order chi connectivity index (χ1) is 9.56. The summed E-state index contributed by atoms with van der Waals surface area (Å²) in [6, 6.07) is 6.80. The van der Waals surface area contributed by atoms with Crippen molar-refractivity contribution in [1.29, 1.82) is 0 Å². The maximum Gasteiger partial charge on any atom is 0.251 e. The van der Waals surface area contributed by atoms with Gasteiger partial charge in [-0.1, -0.05) is 17.7 Å². The number of benzene rings is 1. The lowest BCUT2D eigenvalue weighted by molar-refractivity contribution is -0.125. The highest BCUT2D eigenvalue weighted by atomic mass is 16.2. The van der Waals surface area contributed by atoms with Crippen molar-refractivity contribution in [3.05, 3.63) is 35.4 Å². The van der Waals surface area contributed by atoms with Crippen molar-refractivity contribution in [3.63, 3.8) is 0 Å². The van der Waals surface area contributed by atoms with Gasteiger partial charge in [-0.2, -0.15) is 0 Å². The minimum Gasteiger partial charge on any atom is -0.351 e. The van der Waals surface area contributed by atoms with Crippen molar-refractivity contribution >= 4 is 17.7 Å². The van der Waals surface area contributed by atoms with E-state index in [-0.39, 0.29) is 24.1 Å². The van der Waals surface area contributed by atoms with Crippen LogP contribution in [0.1, 0.15) is 22.3 Å². The molecule has 0 spiro atoms. The van der Waals surface area contributed by atoms with E-state index in [4.69, 9.17) is 0 Å². The predicted molar refractivity (Wildman–Crippen MR) is 73.1 cm³/mol. The third-order valence-electron chi connectivity index (χ3n) is 3.08. The number of aryl methyl sites for hydroxylation is 1. The lowest BCUT2D eigenvalue weighted by Gasteiger charge is -2.10. The number of hydrogen-bond donors (Lipinski definition) is 3. The Morgan fingerprint density at radius 3 is 2.55 bits per heavy atom. The fourth-order valence-corrected chi connectivity index (χ4v) is 1.95. The van der Waals surface area contributed by atoms with E-state index in [1.54, 1.807) is 12.1 Å². The van der Waals surface area contributed by atoms with Crippen molar-refractivity contribution in [2.75, 3.05) is 13.1 Å². The van der Waals surface area contributed by atoms with Crippen LogP contribution < -0.4 is 16.0 Å². The monoisotopic (exact) mass is 275 g/mol. The van der Waals surface area contributed by atoms with Crippen LogP contribution in [-0.4, -0.2) is 36.9 Å². The molecule has 1 aliphatic rings. The second-order valence-corrected chi connectivity index (χ2v) is 4.75. The zero-order chi connectivity index (χ0) is 14.5. The highest BCUT2D eigenvalue weighted by Crippen LogP contribution is 2.03. The van der Waals surface area contributed by atoms with Crippen molar-refractivity contribution < 1.29 is 14.4 Å². The number of hydrogen-bond acceptors (Lipinski definition) is 4. The Balaban J connectivity index is 1.71. The fourth-order valence-electron chi connectivity index (χ4n) is 1.95. The molecule has 6 heteroatoms. The number of amides is 3. The predicted octanol–water partition coefficient (Wildman–Crippen LogP) is -0.270. The number of carbonyl (C=O) groups is 3. The van der Waals surface area contributed by atoms with E-state index in [0.29, 0.717) is 18.7 Å². The van der Waals surface area contributed by atoms with Crippen molar-refractivity contribution in [2.45, 2.75) is 19.4 Å². The van der Waals surface area contributed by atoms with Gasteiger partial charge in [0, 0.05) is 18.7 Å². The molecule has 0 saturated carbocycles. The van der Waals surface area contributed by atoms with Gasteiger partial charge >= 0.3 is 0 Å². The third-order valence-corrected chi connectivity index (χ3v) is 3.08. The smallest absolute Gasteiger partial charge is 0.251 e. The summed E-state index contributed by atoms with van der Waals surface area (Å²) >= 11 is 0. The Morgan fingerprint density at radius 1 is 1.25 bits per heavy atom. The Hall–Kier alpha value is -2.21. The van der Waals surface area contributed by atoms with E-state index < -0.39 is 6.04 Å². The van der Waals surface area contributed by atoms with Crippen molar-refractivity contribution in [1.82, 2.24) is 16.0 Å². The Morgan fingerprint density at radius 2 is 1.95 bits per heavy atom. The zero-order valence-electron chi connectivity index (χ0n) is 11.2. The topological polar surface area (TPSA) is 87.3 Å². The number of imide groups is 1. The number of carbonyl (C=O) groups excluding carboxylic acids is 3. The van der Waals surface area contributed by atoms with E-state index in [9.17, 15) is 14.4 Å². The summed E-state index contributed by atoms with van der Waals surface area (Å²) < 4.78 is 0. The molecule has 0 aliphatic carbocycles. The molecule has 106 valence electrons. The molecule has 0 radical (unpaired) electrons. The van der Waals surface area contributed by atoms with Crippen LogP contribution in [0.15, 0.2) is 24.3 Å². The fraction of sp³-hybridized carbons (Fsp3) is 0.357. The normalized spacial score (nSPS) is 17.9. The van der Waals surface area contributed by atoms with Gasteiger partial charge in [0.2, 0.25) is 11.8 Å². The van der Waals surface area contributed by atoms with Gasteiger partial charge in [-0.05, 0) is 19.1 Å². The van der Waals surface area contributed by atoms with E-state index in [1.165, 1.54) is 0 Å². The SMILES string of the molecule is Cc1ccc(C(=O)NCCNC2CC(=O)NC2=O)cc1. The molecular formula is C14H17N3O3. The van der Waals surface area contributed by atoms with Gasteiger partial charge in [0.25, 0.3) is 5.91 Å². The molecule has 1 heterocycles. The molecule has 1 saturated heterocycles. The highest BCUT2D eigenvalue weighted by molar-refractivity contribution is 6.05. The Labute approximate surface area is 116 Å². The molecule has 2 rings (SSSR count). The van der Waals surface area contributed by atoms with Gasteiger partial charge in [-0.3, -0.25) is 19.7 Å². The quantitative estimate of drug-likeness (QED) is 0.510. The van der Waals surface area contributed by atoms with Crippen LogP contribution in [0.2, 0.25) is 0 Å². The molecule has 20 heavy (non-hydrogen) atoms. The molecule has 1 aromatic rings. The lowest BCUT2D eigenvalue weighted by Crippen LogP contribution is -2.40. The van der Waals surface area contributed by atoms with Crippen LogP contribution in [-0.2, 0) is 9.59 Å². The summed E-state index contributed by atoms with van der Waals surface area (Å²) in [5, 5.41) is 7.90. The number of rotatable bonds is 5. The van der Waals surface area contributed by atoms with E-state index in [1.807, 2.05) is 19.1 Å². The zero-order valence-corrected chi connectivity index (χ0v) is 11.2. The van der Waals surface area contributed by atoms with Gasteiger partial charge in [0.15, 0.2) is 0 Å². The maximum atomic E-state index is 11.8. The minimum absolute atomic E-state index is 0.154. The second kappa shape index (κ2) is 6.29. The molecule has 1 aliphatic heterocycles. The molecule has 3 amide bonds. The first-order valence-corrected chi connectivity index (χ1v) is 6.48. The van der Waals surface area contributed by atoms with Crippen molar-refractivity contribution in [2.24, 2.45) is 0 Å². The summed E-state index contributed by atoms with van der Waals surface area (Å²) in [4.78, 5) is 34.1. The van der Waals surface area contributed by atoms with Gasteiger partial charge in [-0.15, -0.1) is 0 Å². The largest absolute Gasteiger partial charge is 0.351 e. The molecule has 1 atom stereocenters. The molecule has 1 unspecified atom stereocenters. The van der Waals surface area contributed by atoms with Gasteiger partial charge in [0.1, 0.15) is 0 Å². The van der Waals surface area contributed by atoms with E-state index in [0.717, 1.165) is 5.56 Å². The maximum absolute atomic E-state index is 11.8. The van der Waals surface area contributed by atoms with Crippen LogP contribution >= 0.6 is 0 Å². The minimum atomic E-state index is -0.487. The van der Waals surface area contributed by atoms with Gasteiger partial charge in [-0.25, -0.2) is 0 Å². The first-order valence-electron chi connectivity index (χ1n) is 6.48. The average Bonchev–Trinajstić information content (AvgIpc) is 2.73. The Bertz CT molecular complexity index is 525. The van der Waals surface area contributed by atoms with Crippen LogP contribution in [0.25, 0.3) is 0 Å². The highest BCUT2D eigenvalue weighted by Gasteiger charge is 2.29. The van der Waals surface area contributed by atoms with E-state index in [2.05, 4.69) is 16.0 Å². The Kier molecular flexibility index (Phi) is 4.47. The molecule has 1 fully saturated rings. The average molecular weight is 275 g/mol. The van der Waals surface area contributed by atoms with E-state index >= 15 is 0 Å². The second-order valence-electron chi connectivity index (χ2n) is 4.75. The number of nitrogens with one attached hydrogen (secondary N) is 3. The molecule has 3 N–H and O–H groups in total. The van der Waals surface area contributed by atoms with Crippen molar-refractivity contribution in [3.8, 4) is 0 Å². The summed E-state index contributed by atoms with van der Waals surface area (Å²) in [5.41, 5.74) is 1.70. The lowest BCUT2D eigenvalue weighted by atomic mass is 10.1. The summed E-state index contributed by atoms with van der Waals surface area (Å²) in [5.74, 6) is -0.727. The first kappa shape index (κ1) is 14.2. The van der Waals surface area contributed by atoms with Gasteiger partial charge in [0.05, 0.1) is 12.5 Å². The molecule has 0 bridgehead atoms. The summed E-state index contributed by atoms with van der Waals surface area (Å²) in [6.07, 6.45) is 0.157. The van der Waals surface area contributed by atoms with Gasteiger partial charge < -0.3 is 10.6 Å². The molecule has 1 aromatic carbocycles. The summed E-state index contributed by atoms with van der Waals surface area (Å²) in [7, 11) is 0. The van der Waals surface area contributed by atoms with Crippen LogP contribution in [0, 0.1) is 6.92 Å². The van der Waals surface area contributed by atoms with Crippen LogP contribution in [0.5, 0.6) is 0 Å².